The molecule has 0 aromatic rings. The largest absolute Gasteiger partial charge is 0.316 e. The van der Waals surface area contributed by atoms with Crippen LogP contribution in [0.3, 0.4) is 0 Å². The number of nitrogens with one attached hydrogen (secondary N) is 1. The molecule has 0 aliphatic carbocycles. The van der Waals surface area contributed by atoms with Crippen LogP contribution in [0.4, 0.5) is 8.78 Å². The van der Waals surface area contributed by atoms with Crippen LogP contribution in [-0.4, -0.2) is 19.5 Å². The van der Waals surface area contributed by atoms with Crippen LogP contribution in [0.2, 0.25) is 0 Å². The van der Waals surface area contributed by atoms with Crippen molar-refractivity contribution in [2.45, 2.75) is 19.8 Å². The Kier molecular flexibility index (Phi) is 4.26. The van der Waals surface area contributed by atoms with Gasteiger partial charge >= 0.3 is 0 Å². The first-order valence-corrected chi connectivity index (χ1v) is 3.71. The van der Waals surface area contributed by atoms with Crippen molar-refractivity contribution in [2.24, 2.45) is 5.92 Å². The van der Waals surface area contributed by atoms with E-state index in [1.165, 1.54) is 19.9 Å². The van der Waals surface area contributed by atoms with Gasteiger partial charge < -0.3 is 5.32 Å². The maximum atomic E-state index is 12.8. The van der Waals surface area contributed by atoms with Crippen molar-refractivity contribution in [2.75, 3.05) is 13.6 Å². The summed E-state index contributed by atoms with van der Waals surface area (Å²) in [6, 6.07) is 0. The molecule has 66 valence electrons. The van der Waals surface area contributed by atoms with Gasteiger partial charge in [-0.25, -0.2) is 8.78 Å². The van der Waals surface area contributed by atoms with E-state index in [-0.39, 0.29) is 0 Å². The molecule has 0 saturated carbocycles. The third-order valence-electron chi connectivity index (χ3n) is 1.43. The summed E-state index contributed by atoms with van der Waals surface area (Å²) in [5.41, 5.74) is 0. The van der Waals surface area contributed by atoms with Crippen molar-refractivity contribution >= 4 is 0 Å². The van der Waals surface area contributed by atoms with E-state index in [9.17, 15) is 8.78 Å². The molecule has 0 radical (unpaired) electrons. The molecule has 1 nitrogen and oxygen atoms in total. The van der Waals surface area contributed by atoms with Crippen LogP contribution in [-0.2, 0) is 0 Å². The molecule has 0 heterocycles. The van der Waals surface area contributed by atoms with Crippen molar-refractivity contribution in [1.82, 2.24) is 5.32 Å². The minimum Gasteiger partial charge on any atom is -0.316 e. The second-order valence-corrected chi connectivity index (χ2v) is 2.79. The van der Waals surface area contributed by atoms with Gasteiger partial charge in [0.25, 0.3) is 5.92 Å². The molecule has 0 aromatic carbocycles. The van der Waals surface area contributed by atoms with Crippen molar-refractivity contribution < 1.29 is 8.78 Å². The summed E-state index contributed by atoms with van der Waals surface area (Å²) in [4.78, 5) is 0. The smallest absolute Gasteiger partial charge is 0.268 e. The van der Waals surface area contributed by atoms with Gasteiger partial charge in [0, 0.05) is 12.5 Å². The molecule has 0 spiro atoms. The lowest BCUT2D eigenvalue weighted by molar-refractivity contribution is 0.00609. The highest BCUT2D eigenvalue weighted by Crippen LogP contribution is 2.24. The van der Waals surface area contributed by atoms with Crippen LogP contribution in [0.5, 0.6) is 0 Å². The molecule has 0 rings (SSSR count). The summed E-state index contributed by atoms with van der Waals surface area (Å²) in [5, 5.41) is 2.76. The van der Waals surface area contributed by atoms with Gasteiger partial charge in [-0.3, -0.25) is 0 Å². The molecule has 0 atom stereocenters. The lowest BCUT2D eigenvalue weighted by Crippen LogP contribution is -2.20. The van der Waals surface area contributed by atoms with E-state index in [4.69, 9.17) is 0 Å². The Morgan fingerprint density at radius 1 is 1.45 bits per heavy atom. The molecule has 0 saturated heterocycles. The monoisotopic (exact) mass is 163 g/mol. The Balaban J connectivity index is 3.90. The summed E-state index contributed by atoms with van der Waals surface area (Å²) in [5.74, 6) is -3.30. The molecule has 0 amide bonds. The standard InChI is InChI=1S/C8H15F2N/c1-7(2)8(9,10)5-4-6-11-3/h4-5,7,11H,6H2,1-3H3/b5-4+. The van der Waals surface area contributed by atoms with E-state index in [1.54, 1.807) is 7.05 Å². The van der Waals surface area contributed by atoms with Crippen LogP contribution in [0.25, 0.3) is 0 Å². The van der Waals surface area contributed by atoms with Crippen molar-refractivity contribution in [1.29, 1.82) is 0 Å². The molecule has 0 unspecified atom stereocenters. The van der Waals surface area contributed by atoms with E-state index in [1.807, 2.05) is 0 Å². The third-order valence-corrected chi connectivity index (χ3v) is 1.43. The number of hydrogen-bond acceptors (Lipinski definition) is 1. The zero-order valence-corrected chi connectivity index (χ0v) is 7.20. The minimum absolute atomic E-state index is 0.488. The fraction of sp³-hybridized carbons (Fsp3) is 0.750. The molecule has 11 heavy (non-hydrogen) atoms. The lowest BCUT2D eigenvalue weighted by Gasteiger charge is -2.15. The van der Waals surface area contributed by atoms with Crippen LogP contribution >= 0.6 is 0 Å². The number of rotatable bonds is 4. The molecular formula is C8H15F2N. The topological polar surface area (TPSA) is 12.0 Å². The Morgan fingerprint density at radius 2 is 2.00 bits per heavy atom. The van der Waals surface area contributed by atoms with E-state index < -0.39 is 11.8 Å². The number of allylic oxidation sites excluding steroid dienone is 1. The number of alkyl halides is 2. The van der Waals surface area contributed by atoms with Crippen molar-refractivity contribution in [3.63, 3.8) is 0 Å². The van der Waals surface area contributed by atoms with Gasteiger partial charge in [0.05, 0.1) is 0 Å². The maximum Gasteiger partial charge on any atom is 0.268 e. The molecule has 0 aromatic heterocycles. The summed E-state index contributed by atoms with van der Waals surface area (Å²) < 4.78 is 25.5. The number of halogens is 2. The van der Waals surface area contributed by atoms with Gasteiger partial charge in [-0.2, -0.15) is 0 Å². The molecule has 0 fully saturated rings. The Labute approximate surface area is 66.5 Å². The summed E-state index contributed by atoms with van der Waals surface area (Å²) in [6.45, 7) is 3.50. The second kappa shape index (κ2) is 4.44. The highest BCUT2D eigenvalue weighted by atomic mass is 19.3. The minimum atomic E-state index is -2.67. The van der Waals surface area contributed by atoms with Crippen molar-refractivity contribution in [3.8, 4) is 0 Å². The Morgan fingerprint density at radius 3 is 2.36 bits per heavy atom. The van der Waals surface area contributed by atoms with Gasteiger partial charge in [0.2, 0.25) is 0 Å². The van der Waals surface area contributed by atoms with Crippen molar-refractivity contribution in [3.05, 3.63) is 12.2 Å². The first-order chi connectivity index (χ1) is 5.00. The van der Waals surface area contributed by atoms with Crippen LogP contribution in [0.15, 0.2) is 12.2 Å². The predicted octanol–water partition coefficient (Wildman–Crippen LogP) is 2.05. The molecule has 0 bridgehead atoms. The number of hydrogen-bond donors (Lipinski definition) is 1. The predicted molar refractivity (Wildman–Crippen MR) is 42.9 cm³/mol. The molecule has 3 heteroatoms. The average Bonchev–Trinajstić information content (AvgIpc) is 1.88. The lowest BCUT2D eigenvalue weighted by atomic mass is 10.1. The van der Waals surface area contributed by atoms with Gasteiger partial charge in [-0.15, -0.1) is 0 Å². The van der Waals surface area contributed by atoms with Gasteiger partial charge in [-0.05, 0) is 13.1 Å². The summed E-state index contributed by atoms with van der Waals surface area (Å²) in [6.07, 6.45) is 2.40. The van der Waals surface area contributed by atoms with E-state index in [0.29, 0.717) is 6.54 Å². The van der Waals surface area contributed by atoms with Gasteiger partial charge in [0.1, 0.15) is 0 Å². The van der Waals surface area contributed by atoms with E-state index in [0.717, 1.165) is 6.08 Å². The third kappa shape index (κ3) is 4.09. The normalized spacial score (nSPS) is 13.3. The van der Waals surface area contributed by atoms with Crippen LogP contribution < -0.4 is 5.32 Å². The zero-order valence-electron chi connectivity index (χ0n) is 7.20. The first kappa shape index (κ1) is 10.6. The Hall–Kier alpha value is -0.440. The summed E-state index contributed by atoms with van der Waals surface area (Å²) >= 11 is 0. The average molecular weight is 163 g/mol. The zero-order chi connectivity index (χ0) is 8.91. The highest BCUT2D eigenvalue weighted by molar-refractivity contribution is 4.97. The highest BCUT2D eigenvalue weighted by Gasteiger charge is 2.28. The maximum absolute atomic E-state index is 12.8. The quantitative estimate of drug-likeness (QED) is 0.625. The van der Waals surface area contributed by atoms with Gasteiger partial charge in [0.15, 0.2) is 0 Å². The second-order valence-electron chi connectivity index (χ2n) is 2.79. The molecule has 0 aliphatic rings. The van der Waals surface area contributed by atoms with E-state index >= 15 is 0 Å². The molecule has 0 aliphatic heterocycles. The van der Waals surface area contributed by atoms with Gasteiger partial charge in [-0.1, -0.05) is 19.9 Å². The molecular weight excluding hydrogens is 148 g/mol. The van der Waals surface area contributed by atoms with E-state index in [2.05, 4.69) is 5.32 Å². The SMILES string of the molecule is CNC/C=C/C(F)(F)C(C)C. The fourth-order valence-corrected chi connectivity index (χ4v) is 0.526. The van der Waals surface area contributed by atoms with Crippen LogP contribution in [0.1, 0.15) is 13.8 Å². The Bertz CT molecular complexity index is 130. The summed E-state index contributed by atoms with van der Waals surface area (Å²) in [7, 11) is 1.72. The fourth-order valence-electron chi connectivity index (χ4n) is 0.526. The first-order valence-electron chi connectivity index (χ1n) is 3.71. The van der Waals surface area contributed by atoms with Crippen LogP contribution in [0, 0.1) is 5.92 Å². The molecule has 1 N–H and O–H groups in total. The number of likely N-dealkylation sites (N-methyl/N-ethyl adjacent to an activating group) is 1.